The van der Waals surface area contributed by atoms with E-state index in [4.69, 9.17) is 0 Å². The Morgan fingerprint density at radius 3 is 1.84 bits per heavy atom. The summed E-state index contributed by atoms with van der Waals surface area (Å²) in [7, 11) is 0. The molecule has 5 aliphatic rings. The third-order valence-electron chi connectivity index (χ3n) is 15.1. The summed E-state index contributed by atoms with van der Waals surface area (Å²) in [5.74, 6) is 0. The van der Waals surface area contributed by atoms with E-state index < -0.39 is 0 Å². The van der Waals surface area contributed by atoms with Crippen LogP contribution in [-0.4, -0.2) is 12.6 Å². The summed E-state index contributed by atoms with van der Waals surface area (Å²) >= 11 is 0. The van der Waals surface area contributed by atoms with Crippen molar-refractivity contribution in [3.8, 4) is 11.1 Å². The maximum absolute atomic E-state index is 2.69. The van der Waals surface area contributed by atoms with E-state index >= 15 is 0 Å². The highest BCUT2D eigenvalue weighted by molar-refractivity contribution is 5.98. The average molecular weight is 809 g/mol. The van der Waals surface area contributed by atoms with Crippen molar-refractivity contribution in [2.45, 2.75) is 50.0 Å². The zero-order chi connectivity index (χ0) is 41.9. The van der Waals surface area contributed by atoms with Crippen molar-refractivity contribution in [2.75, 3.05) is 16.3 Å². The van der Waals surface area contributed by atoms with Gasteiger partial charge < -0.3 is 9.80 Å². The van der Waals surface area contributed by atoms with Crippen molar-refractivity contribution >= 4 is 51.2 Å². The lowest BCUT2D eigenvalue weighted by atomic mass is 9.67. The first-order valence-electron chi connectivity index (χ1n) is 22.8. The van der Waals surface area contributed by atoms with Crippen molar-refractivity contribution in [1.29, 1.82) is 0 Å². The van der Waals surface area contributed by atoms with E-state index in [2.05, 4.69) is 224 Å². The third kappa shape index (κ3) is 5.25. The van der Waals surface area contributed by atoms with Gasteiger partial charge in [-0.3, -0.25) is 0 Å². The fourth-order valence-electron chi connectivity index (χ4n) is 12.3. The van der Waals surface area contributed by atoms with Gasteiger partial charge in [-0.25, -0.2) is 0 Å². The fraction of sp³-hybridized carbons (Fsp3) is 0.148. The van der Waals surface area contributed by atoms with Crippen LogP contribution in [0.25, 0.3) is 39.6 Å². The van der Waals surface area contributed by atoms with Gasteiger partial charge in [-0.1, -0.05) is 172 Å². The van der Waals surface area contributed by atoms with Gasteiger partial charge in [-0.05, 0) is 145 Å². The molecule has 0 fully saturated rings. The molecule has 0 radical (unpaired) electrons. The number of hydrogen-bond donors (Lipinski definition) is 0. The van der Waals surface area contributed by atoms with Gasteiger partial charge in [0.15, 0.2) is 0 Å². The summed E-state index contributed by atoms with van der Waals surface area (Å²) < 4.78 is 0. The predicted octanol–water partition coefficient (Wildman–Crippen LogP) is 15.0. The highest BCUT2D eigenvalue weighted by Gasteiger charge is 2.53. The van der Waals surface area contributed by atoms with E-state index in [0.717, 1.165) is 19.4 Å². The van der Waals surface area contributed by atoms with Gasteiger partial charge in [0.1, 0.15) is 0 Å². The monoisotopic (exact) mass is 808 g/mol. The van der Waals surface area contributed by atoms with Crippen LogP contribution in [0.3, 0.4) is 0 Å². The SMILES string of the molecule is CC1(C)c2ccccc2N(c2ccc3cc(C=Cc4ccc5c(c4)C4(C6=C5C=CC(N5CCCc7ccccc75)C6)c5ccccc5-c5ccccc54)ccc3c2)c2ccccc21. The number of anilines is 4. The highest BCUT2D eigenvalue weighted by atomic mass is 15.2. The van der Waals surface area contributed by atoms with Crippen molar-refractivity contribution < 1.29 is 0 Å². The van der Waals surface area contributed by atoms with Crippen molar-refractivity contribution in [1.82, 2.24) is 0 Å². The molecular formula is C61H48N2. The lowest BCUT2D eigenvalue weighted by molar-refractivity contribution is 0.593. The third-order valence-corrected chi connectivity index (χ3v) is 15.1. The van der Waals surface area contributed by atoms with Crippen molar-refractivity contribution in [3.05, 3.63) is 244 Å². The minimum absolute atomic E-state index is 0.0797. The van der Waals surface area contributed by atoms with Crippen LogP contribution in [-0.2, 0) is 17.3 Å². The Morgan fingerprint density at radius 2 is 1.11 bits per heavy atom. The van der Waals surface area contributed by atoms with Crippen LogP contribution in [0.1, 0.15) is 76.8 Å². The molecule has 0 N–H and O–H groups in total. The van der Waals surface area contributed by atoms with Crippen LogP contribution in [0.15, 0.2) is 194 Å². The Labute approximate surface area is 370 Å². The van der Waals surface area contributed by atoms with Gasteiger partial charge in [-0.15, -0.1) is 0 Å². The predicted molar refractivity (Wildman–Crippen MR) is 264 cm³/mol. The molecule has 1 spiro atoms. The molecule has 0 aromatic heterocycles. The molecule has 0 bridgehead atoms. The Balaban J connectivity index is 0.870. The minimum atomic E-state index is -0.341. The Morgan fingerprint density at radius 1 is 0.524 bits per heavy atom. The lowest BCUT2D eigenvalue weighted by Gasteiger charge is -2.42. The number of rotatable bonds is 4. The number of allylic oxidation sites excluding steroid dienone is 2. The number of benzene rings is 8. The number of hydrogen-bond acceptors (Lipinski definition) is 2. The second-order valence-electron chi connectivity index (χ2n) is 18.7. The molecule has 63 heavy (non-hydrogen) atoms. The number of fused-ring (bicyclic) bond motifs is 13. The van der Waals surface area contributed by atoms with E-state index in [-0.39, 0.29) is 10.8 Å². The largest absolute Gasteiger partial charge is 0.365 e. The zero-order valence-electron chi connectivity index (χ0n) is 35.9. The van der Waals surface area contributed by atoms with Crippen LogP contribution >= 0.6 is 0 Å². The average Bonchev–Trinajstić information content (AvgIpc) is 3.80. The second kappa shape index (κ2) is 13.7. The van der Waals surface area contributed by atoms with Crippen LogP contribution < -0.4 is 9.80 Å². The summed E-state index contributed by atoms with van der Waals surface area (Å²) in [5.41, 5.74) is 22.5. The van der Waals surface area contributed by atoms with Crippen LogP contribution in [0.2, 0.25) is 0 Å². The Kier molecular flexibility index (Phi) is 7.92. The van der Waals surface area contributed by atoms with Crippen molar-refractivity contribution in [2.24, 2.45) is 0 Å². The molecule has 0 saturated heterocycles. The molecule has 0 amide bonds. The van der Waals surface area contributed by atoms with Gasteiger partial charge in [0.25, 0.3) is 0 Å². The number of aryl methyl sites for hydroxylation is 1. The van der Waals surface area contributed by atoms with Gasteiger partial charge in [0, 0.05) is 23.3 Å². The van der Waals surface area contributed by atoms with Gasteiger partial charge >= 0.3 is 0 Å². The van der Waals surface area contributed by atoms with Gasteiger partial charge in [0.2, 0.25) is 0 Å². The summed E-state index contributed by atoms with van der Waals surface area (Å²) in [6.45, 7) is 5.78. The molecule has 2 nitrogen and oxygen atoms in total. The molecule has 0 saturated carbocycles. The molecule has 302 valence electrons. The van der Waals surface area contributed by atoms with Crippen LogP contribution in [0.5, 0.6) is 0 Å². The molecule has 1 atom stereocenters. The van der Waals surface area contributed by atoms with Gasteiger partial charge in [0.05, 0.1) is 22.8 Å². The minimum Gasteiger partial charge on any atom is -0.365 e. The van der Waals surface area contributed by atoms with Crippen LogP contribution in [0.4, 0.5) is 22.7 Å². The molecule has 2 heteroatoms. The van der Waals surface area contributed by atoms with E-state index in [1.807, 2.05) is 0 Å². The number of para-hydroxylation sites is 3. The second-order valence-corrected chi connectivity index (χ2v) is 18.7. The maximum atomic E-state index is 2.69. The quantitative estimate of drug-likeness (QED) is 0.163. The van der Waals surface area contributed by atoms with E-state index in [1.165, 1.54) is 107 Å². The molecular weight excluding hydrogens is 761 g/mol. The van der Waals surface area contributed by atoms with Crippen LogP contribution in [0, 0.1) is 0 Å². The maximum Gasteiger partial charge on any atom is 0.0689 e. The van der Waals surface area contributed by atoms with E-state index in [9.17, 15) is 0 Å². The molecule has 1 unspecified atom stereocenters. The smallest absolute Gasteiger partial charge is 0.0689 e. The summed E-state index contributed by atoms with van der Waals surface area (Å²) in [5, 5.41) is 2.47. The first kappa shape index (κ1) is 36.5. The van der Waals surface area contributed by atoms with Crippen molar-refractivity contribution in [3.63, 3.8) is 0 Å². The normalized spacial score (nSPS) is 18.2. The molecule has 3 aliphatic carbocycles. The summed E-state index contributed by atoms with van der Waals surface area (Å²) in [6, 6.07) is 66.6. The molecule has 2 heterocycles. The first-order valence-corrected chi connectivity index (χ1v) is 22.8. The first-order chi connectivity index (χ1) is 31.0. The summed E-state index contributed by atoms with van der Waals surface area (Å²) in [6.07, 6.45) is 12.9. The Bertz CT molecular complexity index is 3210. The molecule has 2 aliphatic heterocycles. The lowest BCUT2D eigenvalue weighted by Crippen LogP contribution is -2.41. The zero-order valence-corrected chi connectivity index (χ0v) is 35.9. The molecule has 8 aromatic carbocycles. The fourth-order valence-corrected chi connectivity index (χ4v) is 12.3. The molecule has 13 rings (SSSR count). The molecule has 8 aromatic rings. The van der Waals surface area contributed by atoms with E-state index in [1.54, 1.807) is 5.57 Å². The number of nitrogens with zero attached hydrogens (tertiary/aromatic N) is 2. The summed E-state index contributed by atoms with van der Waals surface area (Å²) in [4.78, 5) is 5.13. The van der Waals surface area contributed by atoms with Gasteiger partial charge in [-0.2, -0.15) is 0 Å². The Hall–Kier alpha value is -7.16. The standard InChI is InChI=1S/C61H48N2/c1-60(2)53-20-8-11-23-58(53)63(59-24-12-9-21-54(59)60)46-31-30-43-36-40(27-29-44(43)38-46)25-26-41-28-33-49-50-34-32-45(62-35-13-15-42-14-3-10-22-57(42)62)39-56(50)61(55(49)37-41)51-18-6-4-16-47(51)48-17-5-7-19-52(48)61/h3-12,14,16-34,36-38,45H,13,15,35,39H2,1-2H3. The topological polar surface area (TPSA) is 6.48 Å². The highest BCUT2D eigenvalue weighted by Crippen LogP contribution is 2.64. The van der Waals surface area contributed by atoms with E-state index in [0.29, 0.717) is 6.04 Å².